The lowest BCUT2D eigenvalue weighted by molar-refractivity contribution is -0.123. The summed E-state index contributed by atoms with van der Waals surface area (Å²) in [6.07, 6.45) is 3.90. The van der Waals surface area contributed by atoms with Gasteiger partial charge in [0.15, 0.2) is 5.96 Å². The standard InChI is InChI=1S/C21H33Cl2N5O/c1-3-25-21(27(2)15-16-6-7-18(22)19(23)14-16)26-10-4-5-11-28-12-8-17(9-13-28)20(24)29/h6-7,14,17H,3-5,8-13,15H2,1-2H3,(H2,24,29)(H,25,26). The molecule has 0 spiro atoms. The Labute approximate surface area is 184 Å². The highest BCUT2D eigenvalue weighted by atomic mass is 35.5. The van der Waals surface area contributed by atoms with E-state index in [-0.39, 0.29) is 11.8 Å². The molecule has 0 radical (unpaired) electrons. The molecule has 0 atom stereocenters. The SMILES string of the molecule is CCNC(=NCCCCN1CCC(C(N)=O)CC1)N(C)Cc1ccc(Cl)c(Cl)c1. The molecule has 1 aliphatic rings. The Morgan fingerprint density at radius 3 is 2.62 bits per heavy atom. The van der Waals surface area contributed by atoms with Gasteiger partial charge in [0.2, 0.25) is 5.91 Å². The number of rotatable bonds is 9. The Morgan fingerprint density at radius 1 is 1.28 bits per heavy atom. The number of halogens is 2. The Kier molecular flexibility index (Phi) is 10.0. The number of aliphatic imine (C=N–C) groups is 1. The summed E-state index contributed by atoms with van der Waals surface area (Å²) in [6, 6.07) is 5.70. The lowest BCUT2D eigenvalue weighted by Crippen LogP contribution is -2.39. The highest BCUT2D eigenvalue weighted by Gasteiger charge is 2.22. The summed E-state index contributed by atoms with van der Waals surface area (Å²) in [4.78, 5) is 20.5. The quantitative estimate of drug-likeness (QED) is 0.350. The first-order chi connectivity index (χ1) is 13.9. The minimum atomic E-state index is -0.153. The molecule has 6 nitrogen and oxygen atoms in total. The molecule has 0 saturated carbocycles. The highest BCUT2D eigenvalue weighted by molar-refractivity contribution is 6.42. The number of primary amides is 1. The maximum Gasteiger partial charge on any atom is 0.220 e. The Morgan fingerprint density at radius 2 is 2.00 bits per heavy atom. The van der Waals surface area contributed by atoms with Gasteiger partial charge in [-0.05, 0) is 69.9 Å². The van der Waals surface area contributed by atoms with Crippen molar-refractivity contribution in [2.75, 3.05) is 39.8 Å². The van der Waals surface area contributed by atoms with Crippen molar-refractivity contribution in [1.82, 2.24) is 15.1 Å². The van der Waals surface area contributed by atoms with Gasteiger partial charge < -0.3 is 20.9 Å². The largest absolute Gasteiger partial charge is 0.369 e. The van der Waals surface area contributed by atoms with Crippen molar-refractivity contribution in [1.29, 1.82) is 0 Å². The van der Waals surface area contributed by atoms with Crippen LogP contribution >= 0.6 is 23.2 Å². The lowest BCUT2D eigenvalue weighted by atomic mass is 9.96. The number of benzene rings is 1. The number of nitrogens with one attached hydrogen (secondary N) is 1. The summed E-state index contributed by atoms with van der Waals surface area (Å²) in [6.45, 7) is 7.36. The summed E-state index contributed by atoms with van der Waals surface area (Å²) in [7, 11) is 2.02. The Bertz CT molecular complexity index is 690. The number of nitrogens with two attached hydrogens (primary N) is 1. The smallest absolute Gasteiger partial charge is 0.220 e. The molecule has 1 aromatic carbocycles. The van der Waals surface area contributed by atoms with Crippen molar-refractivity contribution in [2.24, 2.45) is 16.6 Å². The van der Waals surface area contributed by atoms with Gasteiger partial charge in [-0.15, -0.1) is 0 Å². The summed E-state index contributed by atoms with van der Waals surface area (Å²) < 4.78 is 0. The molecule has 162 valence electrons. The van der Waals surface area contributed by atoms with Crippen molar-refractivity contribution in [3.8, 4) is 0 Å². The van der Waals surface area contributed by atoms with Crippen LogP contribution in [-0.4, -0.2) is 61.4 Å². The van der Waals surface area contributed by atoms with Gasteiger partial charge in [-0.2, -0.15) is 0 Å². The second kappa shape index (κ2) is 12.3. The first-order valence-electron chi connectivity index (χ1n) is 10.4. The Hall–Kier alpha value is -1.50. The predicted molar refractivity (Wildman–Crippen MR) is 122 cm³/mol. The maximum absolute atomic E-state index is 11.2. The molecule has 2 rings (SSSR count). The molecular formula is C21H33Cl2N5O. The number of guanidine groups is 1. The van der Waals surface area contributed by atoms with Gasteiger partial charge in [0.1, 0.15) is 0 Å². The van der Waals surface area contributed by atoms with Gasteiger partial charge in [0.25, 0.3) is 0 Å². The fourth-order valence-corrected chi connectivity index (χ4v) is 3.85. The number of piperidine rings is 1. The minimum Gasteiger partial charge on any atom is -0.369 e. The second-order valence-electron chi connectivity index (χ2n) is 7.57. The molecule has 3 N–H and O–H groups in total. The summed E-state index contributed by atoms with van der Waals surface area (Å²) in [5.41, 5.74) is 6.49. The number of likely N-dealkylation sites (tertiary alicyclic amines) is 1. The van der Waals surface area contributed by atoms with Crippen molar-refractivity contribution in [2.45, 2.75) is 39.2 Å². The number of unbranched alkanes of at least 4 members (excludes halogenated alkanes) is 1. The van der Waals surface area contributed by atoms with Crippen molar-refractivity contribution < 1.29 is 4.79 Å². The van der Waals surface area contributed by atoms with Crippen LogP contribution in [0.3, 0.4) is 0 Å². The predicted octanol–water partition coefficient (Wildman–Crippen LogP) is 3.37. The summed E-state index contributed by atoms with van der Waals surface area (Å²) >= 11 is 12.1. The van der Waals surface area contributed by atoms with E-state index in [1.807, 2.05) is 25.2 Å². The van der Waals surface area contributed by atoms with Gasteiger partial charge in [0.05, 0.1) is 10.0 Å². The minimum absolute atomic E-state index is 0.0598. The van der Waals surface area contributed by atoms with Crippen molar-refractivity contribution in [3.63, 3.8) is 0 Å². The topological polar surface area (TPSA) is 74.0 Å². The first kappa shape index (κ1) is 23.8. The Balaban J connectivity index is 1.75. The van der Waals surface area contributed by atoms with Crippen LogP contribution in [0.15, 0.2) is 23.2 Å². The van der Waals surface area contributed by atoms with E-state index in [0.29, 0.717) is 16.6 Å². The normalized spacial score (nSPS) is 16.1. The highest BCUT2D eigenvalue weighted by Crippen LogP contribution is 2.23. The van der Waals surface area contributed by atoms with E-state index in [9.17, 15) is 4.79 Å². The molecule has 29 heavy (non-hydrogen) atoms. The number of carbonyl (C=O) groups is 1. The van der Waals surface area contributed by atoms with E-state index in [1.165, 1.54) is 0 Å². The monoisotopic (exact) mass is 441 g/mol. The maximum atomic E-state index is 11.2. The second-order valence-corrected chi connectivity index (χ2v) is 8.38. The van der Waals surface area contributed by atoms with Gasteiger partial charge in [-0.3, -0.25) is 9.79 Å². The van der Waals surface area contributed by atoms with Crippen molar-refractivity contribution in [3.05, 3.63) is 33.8 Å². The summed E-state index contributed by atoms with van der Waals surface area (Å²) in [5, 5.41) is 4.48. The third kappa shape index (κ3) is 8.03. The number of nitrogens with zero attached hydrogens (tertiary/aromatic N) is 3. The molecular weight excluding hydrogens is 409 g/mol. The van der Waals surface area contributed by atoms with E-state index < -0.39 is 0 Å². The van der Waals surface area contributed by atoms with Crippen LogP contribution in [0.4, 0.5) is 0 Å². The van der Waals surface area contributed by atoms with E-state index >= 15 is 0 Å². The van der Waals surface area contributed by atoms with E-state index in [4.69, 9.17) is 33.9 Å². The van der Waals surface area contributed by atoms with Gasteiger partial charge in [0, 0.05) is 32.6 Å². The third-order valence-electron chi connectivity index (χ3n) is 5.23. The van der Waals surface area contributed by atoms with Crippen LogP contribution in [0.2, 0.25) is 10.0 Å². The van der Waals surface area contributed by atoms with Crippen LogP contribution in [0.1, 0.15) is 38.2 Å². The zero-order valence-corrected chi connectivity index (χ0v) is 19.0. The molecule has 1 aromatic rings. The molecule has 0 aromatic heterocycles. The number of amides is 1. The van der Waals surface area contributed by atoms with Crippen LogP contribution in [0.5, 0.6) is 0 Å². The molecule has 1 amide bonds. The number of carbonyl (C=O) groups excluding carboxylic acids is 1. The first-order valence-corrected chi connectivity index (χ1v) is 11.1. The molecule has 0 aliphatic carbocycles. The fourth-order valence-electron chi connectivity index (χ4n) is 3.53. The third-order valence-corrected chi connectivity index (χ3v) is 5.97. The molecule has 1 heterocycles. The number of hydrogen-bond acceptors (Lipinski definition) is 3. The van der Waals surface area contributed by atoms with Crippen LogP contribution in [0.25, 0.3) is 0 Å². The van der Waals surface area contributed by atoms with E-state index in [2.05, 4.69) is 22.0 Å². The molecule has 1 fully saturated rings. The lowest BCUT2D eigenvalue weighted by Gasteiger charge is -2.30. The van der Waals surface area contributed by atoms with Crippen LogP contribution in [-0.2, 0) is 11.3 Å². The molecule has 8 heteroatoms. The molecule has 1 saturated heterocycles. The fraction of sp³-hybridized carbons (Fsp3) is 0.619. The molecule has 0 unspecified atom stereocenters. The summed E-state index contributed by atoms with van der Waals surface area (Å²) in [5.74, 6) is 0.797. The van der Waals surface area contributed by atoms with Gasteiger partial charge in [-0.25, -0.2) is 0 Å². The van der Waals surface area contributed by atoms with E-state index in [0.717, 1.165) is 69.9 Å². The van der Waals surface area contributed by atoms with Crippen LogP contribution < -0.4 is 11.1 Å². The van der Waals surface area contributed by atoms with Gasteiger partial charge >= 0.3 is 0 Å². The number of hydrogen-bond donors (Lipinski definition) is 2. The zero-order chi connectivity index (χ0) is 21.2. The van der Waals surface area contributed by atoms with Crippen molar-refractivity contribution >= 4 is 35.1 Å². The molecule has 1 aliphatic heterocycles. The zero-order valence-electron chi connectivity index (χ0n) is 17.5. The van der Waals surface area contributed by atoms with E-state index in [1.54, 1.807) is 0 Å². The van der Waals surface area contributed by atoms with Crippen LogP contribution in [0, 0.1) is 5.92 Å². The average Bonchev–Trinajstić information content (AvgIpc) is 2.70. The average molecular weight is 442 g/mol. The van der Waals surface area contributed by atoms with Gasteiger partial charge in [-0.1, -0.05) is 29.3 Å². The molecule has 0 bridgehead atoms.